The molecule has 1 nitrogen and oxygen atoms in total. The van der Waals surface area contributed by atoms with Gasteiger partial charge in [-0.05, 0) is 30.9 Å². The summed E-state index contributed by atoms with van der Waals surface area (Å²) in [6.07, 6.45) is 10.3. The Morgan fingerprint density at radius 1 is 1.07 bits per heavy atom. The van der Waals surface area contributed by atoms with Crippen molar-refractivity contribution in [2.75, 3.05) is 6.54 Å². The summed E-state index contributed by atoms with van der Waals surface area (Å²) in [6, 6.07) is 10.4. The summed E-state index contributed by atoms with van der Waals surface area (Å²) in [6.45, 7) is 1.13. The minimum absolute atomic E-state index is 1.13. The number of benzene rings is 1. The quantitative estimate of drug-likeness (QED) is 0.770. The number of allylic oxidation sites excluding steroid dienone is 3. The number of rotatable bonds is 2. The molecule has 0 aliphatic carbocycles. The first-order chi connectivity index (χ1) is 7.45. The first-order valence-electron chi connectivity index (χ1n) is 5.61. The zero-order valence-corrected chi connectivity index (χ0v) is 8.95. The van der Waals surface area contributed by atoms with Crippen molar-refractivity contribution in [2.24, 2.45) is 0 Å². The Kier molecular flexibility index (Phi) is 3.61. The molecule has 1 N–H and O–H groups in total. The maximum Gasteiger partial charge on any atom is 0.0144 e. The Bertz CT molecular complexity index is 341. The van der Waals surface area contributed by atoms with Gasteiger partial charge in [0.05, 0.1) is 0 Å². The van der Waals surface area contributed by atoms with Gasteiger partial charge in [-0.3, -0.25) is 0 Å². The Morgan fingerprint density at radius 2 is 1.93 bits per heavy atom. The molecule has 0 amide bonds. The van der Waals surface area contributed by atoms with E-state index in [1.54, 1.807) is 0 Å². The highest BCUT2D eigenvalue weighted by Crippen LogP contribution is 2.10. The van der Waals surface area contributed by atoms with Crippen LogP contribution in [0.1, 0.15) is 24.8 Å². The molecule has 1 saturated heterocycles. The van der Waals surface area contributed by atoms with Crippen LogP contribution in [0.2, 0.25) is 0 Å². The molecule has 0 saturated carbocycles. The molecule has 0 unspecified atom stereocenters. The highest BCUT2D eigenvalue weighted by atomic mass is 14.9. The molecule has 1 aliphatic rings. The molecule has 0 radical (unpaired) electrons. The van der Waals surface area contributed by atoms with Crippen LogP contribution in [0.25, 0.3) is 6.08 Å². The van der Waals surface area contributed by atoms with Crippen LogP contribution < -0.4 is 5.32 Å². The van der Waals surface area contributed by atoms with Crippen molar-refractivity contribution in [3.8, 4) is 0 Å². The molecule has 1 fully saturated rings. The summed E-state index contributed by atoms with van der Waals surface area (Å²) in [5.41, 5.74) is 2.62. The molecule has 15 heavy (non-hydrogen) atoms. The highest BCUT2D eigenvalue weighted by molar-refractivity contribution is 5.50. The molecule has 0 atom stereocenters. The van der Waals surface area contributed by atoms with E-state index in [1.165, 1.54) is 30.5 Å². The Hall–Kier alpha value is -1.50. The number of nitrogens with one attached hydrogen (secondary N) is 1. The molecule has 1 aromatic carbocycles. The number of hydrogen-bond donors (Lipinski definition) is 1. The zero-order chi connectivity index (χ0) is 10.3. The minimum atomic E-state index is 1.13. The molecule has 1 heterocycles. The van der Waals surface area contributed by atoms with Gasteiger partial charge in [-0.25, -0.2) is 0 Å². The first kappa shape index (κ1) is 10.0. The molecule has 1 heteroatoms. The van der Waals surface area contributed by atoms with Crippen LogP contribution in [0.5, 0.6) is 0 Å². The van der Waals surface area contributed by atoms with Crippen molar-refractivity contribution in [3.05, 3.63) is 53.7 Å². The van der Waals surface area contributed by atoms with Gasteiger partial charge in [-0.1, -0.05) is 42.5 Å². The third kappa shape index (κ3) is 3.28. The smallest absolute Gasteiger partial charge is 0.0144 e. The van der Waals surface area contributed by atoms with E-state index in [4.69, 9.17) is 0 Å². The van der Waals surface area contributed by atoms with E-state index in [1.807, 2.05) is 6.07 Å². The Balaban J connectivity index is 1.94. The summed E-state index contributed by atoms with van der Waals surface area (Å²) in [5.74, 6) is 0. The van der Waals surface area contributed by atoms with Crippen molar-refractivity contribution < 1.29 is 0 Å². The highest BCUT2D eigenvalue weighted by Gasteiger charge is 2.01. The largest absolute Gasteiger partial charge is 0.388 e. The summed E-state index contributed by atoms with van der Waals surface area (Å²) in [4.78, 5) is 0. The number of piperidine rings is 1. The maximum atomic E-state index is 3.42. The topological polar surface area (TPSA) is 12.0 Å². The molecule has 78 valence electrons. The van der Waals surface area contributed by atoms with Gasteiger partial charge >= 0.3 is 0 Å². The average Bonchev–Trinajstić information content (AvgIpc) is 2.32. The van der Waals surface area contributed by atoms with Gasteiger partial charge in [-0.15, -0.1) is 0 Å². The Morgan fingerprint density at radius 3 is 2.67 bits per heavy atom. The fourth-order valence-corrected chi connectivity index (χ4v) is 1.76. The van der Waals surface area contributed by atoms with Crippen molar-refractivity contribution in [1.82, 2.24) is 5.32 Å². The van der Waals surface area contributed by atoms with Crippen LogP contribution in [0, 0.1) is 0 Å². The van der Waals surface area contributed by atoms with Crippen LogP contribution in [0.4, 0.5) is 0 Å². The molecule has 0 aromatic heterocycles. The second-order valence-corrected chi connectivity index (χ2v) is 3.85. The van der Waals surface area contributed by atoms with Crippen molar-refractivity contribution >= 4 is 6.08 Å². The van der Waals surface area contributed by atoms with Crippen LogP contribution in [0.15, 0.2) is 48.2 Å². The SMILES string of the molecule is C(/C=C/c1ccccc1)=C1\CCCCN1. The van der Waals surface area contributed by atoms with E-state index < -0.39 is 0 Å². The summed E-state index contributed by atoms with van der Waals surface area (Å²) in [5, 5.41) is 3.42. The van der Waals surface area contributed by atoms with E-state index in [9.17, 15) is 0 Å². The van der Waals surface area contributed by atoms with Gasteiger partial charge in [0.15, 0.2) is 0 Å². The van der Waals surface area contributed by atoms with Gasteiger partial charge in [0, 0.05) is 12.2 Å². The molecule has 0 bridgehead atoms. The second-order valence-electron chi connectivity index (χ2n) is 3.85. The lowest BCUT2D eigenvalue weighted by Crippen LogP contribution is -2.19. The third-order valence-electron chi connectivity index (χ3n) is 2.61. The molecular formula is C14H17N. The predicted molar refractivity (Wildman–Crippen MR) is 65.4 cm³/mol. The monoisotopic (exact) mass is 199 g/mol. The maximum absolute atomic E-state index is 3.42. The zero-order valence-electron chi connectivity index (χ0n) is 8.95. The molecule has 0 spiro atoms. The van der Waals surface area contributed by atoms with Crippen molar-refractivity contribution in [3.63, 3.8) is 0 Å². The average molecular weight is 199 g/mol. The van der Waals surface area contributed by atoms with E-state index in [-0.39, 0.29) is 0 Å². The van der Waals surface area contributed by atoms with Gasteiger partial charge < -0.3 is 5.32 Å². The van der Waals surface area contributed by atoms with Gasteiger partial charge in [-0.2, -0.15) is 0 Å². The van der Waals surface area contributed by atoms with E-state index in [0.29, 0.717) is 0 Å². The fraction of sp³-hybridized carbons (Fsp3) is 0.286. The second kappa shape index (κ2) is 5.40. The lowest BCUT2D eigenvalue weighted by atomic mass is 10.1. The van der Waals surface area contributed by atoms with E-state index in [0.717, 1.165) is 6.54 Å². The van der Waals surface area contributed by atoms with Gasteiger partial charge in [0.2, 0.25) is 0 Å². The standard InChI is InChI=1S/C14H17N/c1-2-7-13(8-3-1)9-6-11-14-10-4-5-12-15-14/h1-3,6-9,11,15H,4-5,10,12H2/b9-6+,14-11-. The molecule has 1 aliphatic heterocycles. The van der Waals surface area contributed by atoms with Crippen molar-refractivity contribution in [1.29, 1.82) is 0 Å². The van der Waals surface area contributed by atoms with Crippen molar-refractivity contribution in [2.45, 2.75) is 19.3 Å². The summed E-state index contributed by atoms with van der Waals surface area (Å²) >= 11 is 0. The minimum Gasteiger partial charge on any atom is -0.388 e. The molecule has 2 rings (SSSR count). The fourth-order valence-electron chi connectivity index (χ4n) is 1.76. The summed E-state index contributed by atoms with van der Waals surface area (Å²) in [7, 11) is 0. The normalized spacial score (nSPS) is 19.3. The Labute approximate surface area is 91.5 Å². The van der Waals surface area contributed by atoms with Crippen LogP contribution >= 0.6 is 0 Å². The third-order valence-corrected chi connectivity index (χ3v) is 2.61. The van der Waals surface area contributed by atoms with Gasteiger partial charge in [0.25, 0.3) is 0 Å². The molecule has 1 aromatic rings. The lowest BCUT2D eigenvalue weighted by Gasteiger charge is -2.15. The van der Waals surface area contributed by atoms with Crippen LogP contribution in [0.3, 0.4) is 0 Å². The predicted octanol–water partition coefficient (Wildman–Crippen LogP) is 3.36. The van der Waals surface area contributed by atoms with Crippen LogP contribution in [-0.2, 0) is 0 Å². The lowest BCUT2D eigenvalue weighted by molar-refractivity contribution is 0.588. The van der Waals surface area contributed by atoms with Crippen LogP contribution in [-0.4, -0.2) is 6.54 Å². The van der Waals surface area contributed by atoms with Gasteiger partial charge in [0.1, 0.15) is 0 Å². The van der Waals surface area contributed by atoms with E-state index >= 15 is 0 Å². The molecular weight excluding hydrogens is 182 g/mol. The summed E-state index contributed by atoms with van der Waals surface area (Å²) < 4.78 is 0. The van der Waals surface area contributed by atoms with E-state index in [2.05, 4.69) is 47.8 Å². The number of hydrogen-bond acceptors (Lipinski definition) is 1. The first-order valence-corrected chi connectivity index (χ1v) is 5.61.